The molecular weight excluding hydrogens is 222 g/mol. The summed E-state index contributed by atoms with van der Waals surface area (Å²) >= 11 is 0. The van der Waals surface area contributed by atoms with Crippen molar-refractivity contribution in [1.82, 2.24) is 5.32 Å². The molecule has 16 heavy (non-hydrogen) atoms. The number of aryl methyl sites for hydroxylation is 1. The molecule has 1 aromatic rings. The maximum absolute atomic E-state index is 9.38. The first-order valence-corrected chi connectivity index (χ1v) is 5.42. The van der Waals surface area contributed by atoms with Crippen LogP contribution >= 0.6 is 12.4 Å². The van der Waals surface area contributed by atoms with Crippen LogP contribution in [0.3, 0.4) is 0 Å². The van der Waals surface area contributed by atoms with Crippen LogP contribution < -0.4 is 5.32 Å². The van der Waals surface area contributed by atoms with Gasteiger partial charge < -0.3 is 10.4 Å². The minimum Gasteiger partial charge on any atom is -0.508 e. The molecule has 0 heterocycles. The topological polar surface area (TPSA) is 32.3 Å². The van der Waals surface area contributed by atoms with Crippen LogP contribution in [0.5, 0.6) is 5.75 Å². The number of hydrogen-bond acceptors (Lipinski definition) is 2. The second-order valence-electron chi connectivity index (χ2n) is 5.05. The van der Waals surface area contributed by atoms with Gasteiger partial charge in [-0.05, 0) is 57.9 Å². The highest BCUT2D eigenvalue weighted by Gasteiger charge is 2.07. The van der Waals surface area contributed by atoms with Crippen LogP contribution in [0.15, 0.2) is 18.2 Å². The fourth-order valence-electron chi connectivity index (χ4n) is 1.45. The van der Waals surface area contributed by atoms with E-state index >= 15 is 0 Å². The van der Waals surface area contributed by atoms with E-state index in [1.165, 1.54) is 5.56 Å². The number of aromatic hydroxyl groups is 1. The minimum atomic E-state index is 0. The van der Waals surface area contributed by atoms with E-state index in [0.717, 1.165) is 18.5 Å². The molecule has 0 saturated heterocycles. The van der Waals surface area contributed by atoms with Crippen molar-refractivity contribution in [2.24, 2.45) is 0 Å². The second kappa shape index (κ2) is 6.12. The summed E-state index contributed by atoms with van der Waals surface area (Å²) in [5, 5.41) is 12.8. The van der Waals surface area contributed by atoms with Crippen LogP contribution in [0.2, 0.25) is 0 Å². The van der Waals surface area contributed by atoms with Crippen molar-refractivity contribution in [2.45, 2.75) is 39.7 Å². The Morgan fingerprint density at radius 2 is 1.88 bits per heavy atom. The Balaban J connectivity index is 0.00000225. The highest BCUT2D eigenvalue weighted by atomic mass is 35.5. The molecule has 0 aliphatic carbocycles. The van der Waals surface area contributed by atoms with Crippen LogP contribution in [0.1, 0.15) is 31.9 Å². The van der Waals surface area contributed by atoms with Gasteiger partial charge in [-0.15, -0.1) is 12.4 Å². The van der Waals surface area contributed by atoms with Crippen LogP contribution in [0, 0.1) is 6.92 Å². The van der Waals surface area contributed by atoms with Gasteiger partial charge in [0.25, 0.3) is 0 Å². The van der Waals surface area contributed by atoms with Crippen molar-refractivity contribution < 1.29 is 5.11 Å². The molecule has 0 bridgehead atoms. The molecule has 0 unspecified atom stereocenters. The maximum Gasteiger partial charge on any atom is 0.118 e. The van der Waals surface area contributed by atoms with E-state index in [2.05, 4.69) is 26.1 Å². The van der Waals surface area contributed by atoms with Gasteiger partial charge in [0.05, 0.1) is 0 Å². The molecule has 0 saturated carbocycles. The highest BCUT2D eigenvalue weighted by molar-refractivity contribution is 5.85. The number of hydrogen-bond donors (Lipinski definition) is 2. The number of rotatable bonds is 3. The molecule has 0 amide bonds. The third kappa shape index (κ3) is 5.38. The Kier molecular flexibility index (Phi) is 5.84. The van der Waals surface area contributed by atoms with Crippen molar-refractivity contribution in [2.75, 3.05) is 6.54 Å². The Hall–Kier alpha value is -0.730. The Morgan fingerprint density at radius 1 is 1.25 bits per heavy atom. The first-order chi connectivity index (χ1) is 6.88. The van der Waals surface area contributed by atoms with Gasteiger partial charge >= 0.3 is 0 Å². The lowest BCUT2D eigenvalue weighted by molar-refractivity contribution is 0.429. The average Bonchev–Trinajstić information content (AvgIpc) is 2.09. The minimum absolute atomic E-state index is 0. The Labute approximate surface area is 104 Å². The number of nitrogens with one attached hydrogen (secondary N) is 1. The van der Waals surface area contributed by atoms with Crippen molar-refractivity contribution >= 4 is 12.4 Å². The summed E-state index contributed by atoms with van der Waals surface area (Å²) in [6.07, 6.45) is 0.998. The third-order valence-electron chi connectivity index (χ3n) is 2.33. The standard InChI is InChI=1S/C13H21NO.ClH/c1-10-9-11(5-6-12(10)15)7-8-14-13(2,3)4;/h5-6,9,14-15H,7-8H2,1-4H3;1H. The van der Waals surface area contributed by atoms with Gasteiger partial charge in [-0.25, -0.2) is 0 Å². The van der Waals surface area contributed by atoms with E-state index in [1.54, 1.807) is 6.07 Å². The van der Waals surface area contributed by atoms with E-state index in [-0.39, 0.29) is 17.9 Å². The van der Waals surface area contributed by atoms with Gasteiger partial charge in [-0.2, -0.15) is 0 Å². The van der Waals surface area contributed by atoms with E-state index in [9.17, 15) is 5.11 Å². The fourth-order valence-corrected chi connectivity index (χ4v) is 1.45. The summed E-state index contributed by atoms with van der Waals surface area (Å²) in [5.41, 5.74) is 2.39. The van der Waals surface area contributed by atoms with E-state index < -0.39 is 0 Å². The number of phenolic OH excluding ortho intramolecular Hbond substituents is 1. The Morgan fingerprint density at radius 3 is 2.38 bits per heavy atom. The predicted molar refractivity (Wildman–Crippen MR) is 71.6 cm³/mol. The first-order valence-electron chi connectivity index (χ1n) is 5.42. The predicted octanol–water partition coefficient (Wildman–Crippen LogP) is 3.05. The van der Waals surface area contributed by atoms with Crippen molar-refractivity contribution in [3.63, 3.8) is 0 Å². The zero-order chi connectivity index (χ0) is 11.5. The largest absolute Gasteiger partial charge is 0.508 e. The summed E-state index contributed by atoms with van der Waals surface area (Å²) < 4.78 is 0. The van der Waals surface area contributed by atoms with Crippen LogP contribution in [-0.4, -0.2) is 17.2 Å². The SMILES string of the molecule is Cc1cc(CCNC(C)(C)C)ccc1O.Cl. The Bertz CT molecular complexity index is 331. The molecule has 3 heteroatoms. The number of benzene rings is 1. The summed E-state index contributed by atoms with van der Waals surface area (Å²) in [7, 11) is 0. The second-order valence-corrected chi connectivity index (χ2v) is 5.05. The van der Waals surface area contributed by atoms with Gasteiger partial charge in [0.15, 0.2) is 0 Å². The van der Waals surface area contributed by atoms with Crippen LogP contribution in [-0.2, 0) is 6.42 Å². The van der Waals surface area contributed by atoms with E-state index in [4.69, 9.17) is 0 Å². The number of phenols is 1. The monoisotopic (exact) mass is 243 g/mol. The van der Waals surface area contributed by atoms with Gasteiger partial charge in [0.2, 0.25) is 0 Å². The van der Waals surface area contributed by atoms with Gasteiger partial charge in [-0.3, -0.25) is 0 Å². The molecule has 0 spiro atoms. The maximum atomic E-state index is 9.38. The van der Waals surface area contributed by atoms with Crippen LogP contribution in [0.4, 0.5) is 0 Å². The molecule has 1 aromatic carbocycles. The van der Waals surface area contributed by atoms with Gasteiger partial charge in [-0.1, -0.05) is 12.1 Å². The number of halogens is 1. The molecule has 0 radical (unpaired) electrons. The quantitative estimate of drug-likeness (QED) is 0.855. The van der Waals surface area contributed by atoms with Crippen molar-refractivity contribution in [1.29, 1.82) is 0 Å². The first kappa shape index (κ1) is 15.3. The molecule has 92 valence electrons. The third-order valence-corrected chi connectivity index (χ3v) is 2.33. The molecule has 2 nitrogen and oxygen atoms in total. The molecule has 0 atom stereocenters. The van der Waals surface area contributed by atoms with E-state index in [0.29, 0.717) is 5.75 Å². The zero-order valence-corrected chi connectivity index (χ0v) is 11.3. The zero-order valence-electron chi connectivity index (χ0n) is 10.5. The van der Waals surface area contributed by atoms with Crippen molar-refractivity contribution in [3.8, 4) is 5.75 Å². The molecule has 0 aromatic heterocycles. The summed E-state index contributed by atoms with van der Waals surface area (Å²) in [6, 6.07) is 5.79. The molecule has 0 aliphatic heterocycles. The highest BCUT2D eigenvalue weighted by Crippen LogP contribution is 2.17. The molecular formula is C13H22ClNO. The normalized spacial score (nSPS) is 11.0. The summed E-state index contributed by atoms with van der Waals surface area (Å²) in [6.45, 7) is 9.38. The van der Waals surface area contributed by atoms with Gasteiger partial charge in [0.1, 0.15) is 5.75 Å². The molecule has 1 rings (SSSR count). The van der Waals surface area contributed by atoms with Gasteiger partial charge in [0, 0.05) is 5.54 Å². The smallest absolute Gasteiger partial charge is 0.118 e. The van der Waals surface area contributed by atoms with E-state index in [1.807, 2.05) is 19.1 Å². The summed E-state index contributed by atoms with van der Waals surface area (Å²) in [4.78, 5) is 0. The average molecular weight is 244 g/mol. The molecule has 0 fully saturated rings. The molecule has 0 aliphatic rings. The lowest BCUT2D eigenvalue weighted by Gasteiger charge is -2.20. The van der Waals surface area contributed by atoms with Crippen molar-refractivity contribution in [3.05, 3.63) is 29.3 Å². The van der Waals surface area contributed by atoms with Crippen LogP contribution in [0.25, 0.3) is 0 Å². The summed E-state index contributed by atoms with van der Waals surface area (Å²) in [5.74, 6) is 0.377. The fraction of sp³-hybridized carbons (Fsp3) is 0.538. The molecule has 2 N–H and O–H groups in total. The lowest BCUT2D eigenvalue weighted by atomic mass is 10.1. The lowest BCUT2D eigenvalue weighted by Crippen LogP contribution is -2.37.